The Labute approximate surface area is 134 Å². The zero-order valence-electron chi connectivity index (χ0n) is 12.2. The van der Waals surface area contributed by atoms with Crippen LogP contribution in [0, 0.1) is 0 Å². The normalized spacial score (nSPS) is 13.9. The molecule has 0 atom stereocenters. The van der Waals surface area contributed by atoms with Crippen LogP contribution in [0.4, 0.5) is 0 Å². The predicted molar refractivity (Wildman–Crippen MR) is 89.9 cm³/mol. The van der Waals surface area contributed by atoms with E-state index in [-0.39, 0.29) is 0 Å². The minimum atomic E-state index is 0.790. The van der Waals surface area contributed by atoms with E-state index in [1.54, 1.807) is 0 Å². The Morgan fingerprint density at radius 3 is 2.59 bits per heavy atom. The zero-order valence-corrected chi connectivity index (χ0v) is 12.9. The van der Waals surface area contributed by atoms with E-state index in [1.807, 2.05) is 48.5 Å². The van der Waals surface area contributed by atoms with Crippen LogP contribution in [-0.4, -0.2) is 4.98 Å². The summed E-state index contributed by atoms with van der Waals surface area (Å²) in [4.78, 5) is 4.78. The van der Waals surface area contributed by atoms with Crippen molar-refractivity contribution in [1.82, 2.24) is 4.98 Å². The van der Waals surface area contributed by atoms with Gasteiger partial charge in [-0.25, -0.2) is 0 Å². The Morgan fingerprint density at radius 1 is 0.909 bits per heavy atom. The summed E-state index contributed by atoms with van der Waals surface area (Å²) in [6.45, 7) is 0. The van der Waals surface area contributed by atoms with Crippen LogP contribution in [0.25, 0.3) is 10.9 Å². The van der Waals surface area contributed by atoms with Crippen LogP contribution in [0.2, 0.25) is 5.02 Å². The largest absolute Gasteiger partial charge is 0.457 e. The van der Waals surface area contributed by atoms with Crippen molar-refractivity contribution in [2.75, 3.05) is 0 Å². The molecule has 2 nitrogen and oxygen atoms in total. The van der Waals surface area contributed by atoms with Crippen LogP contribution in [0.1, 0.15) is 24.1 Å². The lowest BCUT2D eigenvalue weighted by Gasteiger charge is -2.18. The standard InChI is InChI=1S/C19H16ClNO/c20-19-15-8-4-5-9-17(15)21-18-11-10-14(12-16(18)19)22-13-6-2-1-3-7-13/h1-3,6-7,10-12H,4-5,8-9H2. The Hall–Kier alpha value is -2.06. The number of aryl methyl sites for hydroxylation is 1. The molecule has 2 aromatic carbocycles. The zero-order chi connectivity index (χ0) is 14.9. The molecule has 0 saturated heterocycles. The van der Waals surface area contributed by atoms with E-state index in [0.717, 1.165) is 40.3 Å². The molecular weight excluding hydrogens is 294 g/mol. The quantitative estimate of drug-likeness (QED) is 0.618. The van der Waals surface area contributed by atoms with E-state index in [0.29, 0.717) is 0 Å². The fourth-order valence-corrected chi connectivity index (χ4v) is 3.39. The third-order valence-electron chi connectivity index (χ3n) is 4.14. The first-order valence-electron chi connectivity index (χ1n) is 7.65. The number of halogens is 1. The summed E-state index contributed by atoms with van der Waals surface area (Å²) in [7, 11) is 0. The first kappa shape index (κ1) is 13.6. The average Bonchev–Trinajstić information content (AvgIpc) is 2.57. The van der Waals surface area contributed by atoms with Crippen molar-refractivity contribution < 1.29 is 4.74 Å². The Morgan fingerprint density at radius 2 is 1.73 bits per heavy atom. The van der Waals surface area contributed by atoms with Gasteiger partial charge in [0.15, 0.2) is 0 Å². The molecule has 1 aromatic heterocycles. The second-order valence-electron chi connectivity index (χ2n) is 5.65. The number of hydrogen-bond acceptors (Lipinski definition) is 2. The first-order valence-corrected chi connectivity index (χ1v) is 8.03. The number of benzene rings is 2. The van der Waals surface area contributed by atoms with Crippen molar-refractivity contribution >= 4 is 22.5 Å². The van der Waals surface area contributed by atoms with Gasteiger partial charge in [0.2, 0.25) is 0 Å². The molecule has 3 heteroatoms. The summed E-state index contributed by atoms with van der Waals surface area (Å²) >= 11 is 6.64. The smallest absolute Gasteiger partial charge is 0.128 e. The van der Waals surface area contributed by atoms with Gasteiger partial charge in [-0.2, -0.15) is 0 Å². The Kier molecular flexibility index (Phi) is 3.47. The fourth-order valence-electron chi connectivity index (χ4n) is 3.03. The second kappa shape index (κ2) is 5.62. The number of rotatable bonds is 2. The number of hydrogen-bond donors (Lipinski definition) is 0. The van der Waals surface area contributed by atoms with Crippen LogP contribution in [0.15, 0.2) is 48.5 Å². The fraction of sp³-hybridized carbons (Fsp3) is 0.211. The number of aromatic nitrogens is 1. The number of ether oxygens (including phenoxy) is 1. The van der Waals surface area contributed by atoms with Crippen molar-refractivity contribution in [3.05, 3.63) is 64.8 Å². The van der Waals surface area contributed by atoms with Gasteiger partial charge >= 0.3 is 0 Å². The molecule has 0 amide bonds. The maximum atomic E-state index is 6.64. The molecule has 110 valence electrons. The number of para-hydroxylation sites is 1. The molecule has 1 aliphatic rings. The van der Waals surface area contributed by atoms with Gasteiger partial charge < -0.3 is 4.74 Å². The van der Waals surface area contributed by atoms with Gasteiger partial charge in [0.05, 0.1) is 10.5 Å². The highest BCUT2D eigenvalue weighted by Crippen LogP contribution is 2.35. The topological polar surface area (TPSA) is 22.1 Å². The first-order chi connectivity index (χ1) is 10.8. The lowest BCUT2D eigenvalue weighted by molar-refractivity contribution is 0.483. The van der Waals surface area contributed by atoms with E-state index in [9.17, 15) is 0 Å². The molecule has 0 N–H and O–H groups in total. The molecular formula is C19H16ClNO. The van der Waals surface area contributed by atoms with Gasteiger partial charge in [-0.05, 0) is 61.6 Å². The van der Waals surface area contributed by atoms with Crippen LogP contribution in [0.5, 0.6) is 11.5 Å². The van der Waals surface area contributed by atoms with E-state index in [1.165, 1.54) is 24.1 Å². The summed E-state index contributed by atoms with van der Waals surface area (Å²) in [5, 5.41) is 1.83. The summed E-state index contributed by atoms with van der Waals surface area (Å²) in [5.74, 6) is 1.61. The monoisotopic (exact) mass is 309 g/mol. The minimum Gasteiger partial charge on any atom is -0.457 e. The molecule has 0 radical (unpaired) electrons. The number of pyridine rings is 1. The van der Waals surface area contributed by atoms with Crippen molar-refractivity contribution in [3.8, 4) is 11.5 Å². The van der Waals surface area contributed by atoms with Crippen molar-refractivity contribution in [3.63, 3.8) is 0 Å². The highest BCUT2D eigenvalue weighted by Gasteiger charge is 2.17. The van der Waals surface area contributed by atoms with Gasteiger partial charge in [0.1, 0.15) is 11.5 Å². The van der Waals surface area contributed by atoms with Crippen molar-refractivity contribution in [2.24, 2.45) is 0 Å². The maximum absolute atomic E-state index is 6.64. The predicted octanol–water partition coefficient (Wildman–Crippen LogP) is 5.56. The van der Waals surface area contributed by atoms with Crippen LogP contribution in [-0.2, 0) is 12.8 Å². The highest BCUT2D eigenvalue weighted by atomic mass is 35.5. The molecule has 1 aliphatic carbocycles. The SMILES string of the molecule is Clc1c2c(nc3ccc(Oc4ccccc4)cc13)CCCC2. The summed E-state index contributed by atoms with van der Waals surface area (Å²) in [6.07, 6.45) is 4.46. The van der Waals surface area contributed by atoms with Gasteiger partial charge in [-0.3, -0.25) is 4.98 Å². The molecule has 0 aliphatic heterocycles. The summed E-state index contributed by atoms with van der Waals surface area (Å²) in [6, 6.07) is 15.7. The Balaban J connectivity index is 1.78. The summed E-state index contributed by atoms with van der Waals surface area (Å²) < 4.78 is 5.90. The lowest BCUT2D eigenvalue weighted by Crippen LogP contribution is -2.06. The maximum Gasteiger partial charge on any atom is 0.128 e. The summed E-state index contributed by atoms with van der Waals surface area (Å²) in [5.41, 5.74) is 3.34. The molecule has 1 heterocycles. The average molecular weight is 310 g/mol. The molecule has 0 bridgehead atoms. The van der Waals surface area contributed by atoms with Crippen LogP contribution in [0.3, 0.4) is 0 Å². The van der Waals surface area contributed by atoms with Crippen LogP contribution >= 0.6 is 11.6 Å². The van der Waals surface area contributed by atoms with E-state index >= 15 is 0 Å². The third-order valence-corrected chi connectivity index (χ3v) is 4.57. The minimum absolute atomic E-state index is 0.790. The van der Waals surface area contributed by atoms with Gasteiger partial charge in [0, 0.05) is 11.1 Å². The molecule has 0 unspecified atom stereocenters. The third kappa shape index (κ3) is 2.44. The number of fused-ring (bicyclic) bond motifs is 2. The second-order valence-corrected chi connectivity index (χ2v) is 6.03. The molecule has 0 spiro atoms. The lowest BCUT2D eigenvalue weighted by atomic mass is 9.94. The van der Waals surface area contributed by atoms with Crippen LogP contribution < -0.4 is 4.74 Å². The Bertz CT molecular complexity index is 830. The molecule has 4 rings (SSSR count). The van der Waals surface area contributed by atoms with E-state index in [4.69, 9.17) is 21.3 Å². The van der Waals surface area contributed by atoms with Crippen molar-refractivity contribution in [1.29, 1.82) is 0 Å². The van der Waals surface area contributed by atoms with Gasteiger partial charge in [-0.15, -0.1) is 0 Å². The molecule has 3 aromatic rings. The van der Waals surface area contributed by atoms with Crippen molar-refractivity contribution in [2.45, 2.75) is 25.7 Å². The number of nitrogens with zero attached hydrogens (tertiary/aromatic N) is 1. The van der Waals surface area contributed by atoms with Gasteiger partial charge in [0.25, 0.3) is 0 Å². The molecule has 0 saturated carbocycles. The van der Waals surface area contributed by atoms with E-state index in [2.05, 4.69) is 0 Å². The highest BCUT2D eigenvalue weighted by molar-refractivity contribution is 6.36. The van der Waals surface area contributed by atoms with Gasteiger partial charge in [-0.1, -0.05) is 29.8 Å². The van der Waals surface area contributed by atoms with E-state index < -0.39 is 0 Å². The molecule has 22 heavy (non-hydrogen) atoms. The molecule has 0 fully saturated rings.